The first-order chi connectivity index (χ1) is 14.9. The maximum atomic E-state index is 13.0. The number of aliphatic imine (C=N–C) groups is 1. The average molecular weight is 438 g/mol. The molecular weight excluding hydrogens is 407 g/mol. The van der Waals surface area contributed by atoms with Crippen LogP contribution in [0.15, 0.2) is 52.1 Å². The molecule has 1 aromatic heterocycles. The van der Waals surface area contributed by atoms with E-state index >= 15 is 0 Å². The smallest absolute Gasteiger partial charge is 0.416 e. The standard InChI is InChI=1S/C23H30F3N3O2/c1-2-30-14-11-22(9-10-22)17-29-21(27-12-8-20-7-4-13-31-20)28-16-18-5-3-6-19(15-18)23(24,25)26/h3-7,13,15H,2,8-12,14,16-17H2,1H3,(H2,27,28,29). The molecule has 0 saturated heterocycles. The molecule has 1 aliphatic rings. The molecule has 170 valence electrons. The lowest BCUT2D eigenvalue weighted by Gasteiger charge is -2.19. The van der Waals surface area contributed by atoms with Gasteiger partial charge in [-0.05, 0) is 61.4 Å². The van der Waals surface area contributed by atoms with Crippen molar-refractivity contribution < 1.29 is 22.3 Å². The molecule has 0 bridgehead atoms. The van der Waals surface area contributed by atoms with Crippen molar-refractivity contribution >= 4 is 5.96 Å². The van der Waals surface area contributed by atoms with Gasteiger partial charge in [0.2, 0.25) is 0 Å². The molecule has 2 aromatic rings. The van der Waals surface area contributed by atoms with Gasteiger partial charge in [-0.3, -0.25) is 0 Å². The van der Waals surface area contributed by atoms with Crippen molar-refractivity contribution in [1.29, 1.82) is 0 Å². The third-order valence-corrected chi connectivity index (χ3v) is 5.49. The Morgan fingerprint density at radius 3 is 2.71 bits per heavy atom. The van der Waals surface area contributed by atoms with E-state index in [1.165, 1.54) is 6.07 Å². The molecule has 0 spiro atoms. The van der Waals surface area contributed by atoms with E-state index in [2.05, 4.69) is 15.6 Å². The van der Waals surface area contributed by atoms with Gasteiger partial charge >= 0.3 is 6.18 Å². The first-order valence-electron chi connectivity index (χ1n) is 10.7. The number of furan rings is 1. The Labute approximate surface area is 181 Å². The van der Waals surface area contributed by atoms with Crippen LogP contribution in [0.5, 0.6) is 0 Å². The van der Waals surface area contributed by atoms with Crippen LogP contribution in [0.3, 0.4) is 0 Å². The summed E-state index contributed by atoms with van der Waals surface area (Å²) in [4.78, 5) is 4.53. The van der Waals surface area contributed by atoms with E-state index in [1.54, 1.807) is 12.3 Å². The molecule has 3 rings (SSSR count). The fraction of sp³-hybridized carbons (Fsp3) is 0.522. The molecule has 1 fully saturated rings. The molecule has 5 nitrogen and oxygen atoms in total. The zero-order chi connectivity index (χ0) is 22.2. The number of nitrogens with one attached hydrogen (secondary N) is 2. The van der Waals surface area contributed by atoms with Gasteiger partial charge in [0.1, 0.15) is 5.76 Å². The summed E-state index contributed by atoms with van der Waals surface area (Å²) in [5.74, 6) is 1.45. The second kappa shape index (κ2) is 10.7. The third-order valence-electron chi connectivity index (χ3n) is 5.49. The molecule has 1 aliphatic carbocycles. The molecule has 0 radical (unpaired) electrons. The van der Waals surface area contributed by atoms with E-state index in [0.717, 1.165) is 50.3 Å². The van der Waals surface area contributed by atoms with Crippen LogP contribution in [0, 0.1) is 5.41 Å². The number of benzene rings is 1. The van der Waals surface area contributed by atoms with Gasteiger partial charge in [-0.15, -0.1) is 0 Å². The monoisotopic (exact) mass is 437 g/mol. The summed E-state index contributed by atoms with van der Waals surface area (Å²) in [6, 6.07) is 9.03. The van der Waals surface area contributed by atoms with Gasteiger partial charge in [-0.1, -0.05) is 12.1 Å². The zero-order valence-electron chi connectivity index (χ0n) is 17.8. The highest BCUT2D eigenvalue weighted by Crippen LogP contribution is 2.48. The second-order valence-corrected chi connectivity index (χ2v) is 7.92. The molecule has 0 aliphatic heterocycles. The summed E-state index contributed by atoms with van der Waals surface area (Å²) < 4.78 is 49.8. The Bertz CT molecular complexity index is 831. The van der Waals surface area contributed by atoms with Crippen LogP contribution in [0.1, 0.15) is 43.1 Å². The quantitative estimate of drug-likeness (QED) is 0.302. The van der Waals surface area contributed by atoms with E-state index in [4.69, 9.17) is 9.15 Å². The summed E-state index contributed by atoms with van der Waals surface area (Å²) in [6.07, 6.45) is 1.22. The van der Waals surface area contributed by atoms with Gasteiger partial charge in [0, 0.05) is 32.7 Å². The molecular formula is C23H30F3N3O2. The first-order valence-corrected chi connectivity index (χ1v) is 10.7. The topological polar surface area (TPSA) is 58.8 Å². The van der Waals surface area contributed by atoms with E-state index in [1.807, 2.05) is 19.1 Å². The number of hydrogen-bond acceptors (Lipinski definition) is 3. The highest BCUT2D eigenvalue weighted by atomic mass is 19.4. The van der Waals surface area contributed by atoms with Crippen LogP contribution >= 0.6 is 0 Å². The van der Waals surface area contributed by atoms with E-state index in [9.17, 15) is 13.2 Å². The van der Waals surface area contributed by atoms with Crippen LogP contribution in [0.2, 0.25) is 0 Å². The number of guanidine groups is 1. The summed E-state index contributed by atoms with van der Waals surface area (Å²) in [5.41, 5.74) is 0.0715. The predicted octanol–water partition coefficient (Wildman–Crippen LogP) is 4.78. The third kappa shape index (κ3) is 7.61. The Balaban J connectivity index is 1.60. The SMILES string of the molecule is CCOCCC1(CNC(=NCc2cccc(C(F)(F)F)c2)NCCc2ccco2)CC1. The minimum Gasteiger partial charge on any atom is -0.469 e. The lowest BCUT2D eigenvalue weighted by molar-refractivity contribution is -0.137. The lowest BCUT2D eigenvalue weighted by Crippen LogP contribution is -2.41. The number of nitrogens with zero attached hydrogens (tertiary/aromatic N) is 1. The van der Waals surface area contributed by atoms with Crippen LogP contribution in [0.25, 0.3) is 0 Å². The van der Waals surface area contributed by atoms with E-state index < -0.39 is 11.7 Å². The molecule has 8 heteroatoms. The van der Waals surface area contributed by atoms with Crippen molar-refractivity contribution in [2.24, 2.45) is 10.4 Å². The second-order valence-electron chi connectivity index (χ2n) is 7.92. The summed E-state index contributed by atoms with van der Waals surface area (Å²) in [5, 5.41) is 6.64. The van der Waals surface area contributed by atoms with Crippen LogP contribution in [0.4, 0.5) is 13.2 Å². The van der Waals surface area contributed by atoms with Gasteiger partial charge in [0.25, 0.3) is 0 Å². The lowest BCUT2D eigenvalue weighted by atomic mass is 10.0. The van der Waals surface area contributed by atoms with Crippen molar-refractivity contribution in [2.75, 3.05) is 26.3 Å². The highest BCUT2D eigenvalue weighted by molar-refractivity contribution is 5.79. The minimum atomic E-state index is -4.36. The van der Waals surface area contributed by atoms with Crippen LogP contribution < -0.4 is 10.6 Å². The van der Waals surface area contributed by atoms with Gasteiger partial charge in [-0.2, -0.15) is 13.2 Å². The number of alkyl halides is 3. The van der Waals surface area contributed by atoms with Crippen molar-refractivity contribution in [2.45, 2.75) is 45.3 Å². The molecule has 2 N–H and O–H groups in total. The van der Waals surface area contributed by atoms with Crippen molar-refractivity contribution in [3.63, 3.8) is 0 Å². The van der Waals surface area contributed by atoms with Gasteiger partial charge in [0.15, 0.2) is 5.96 Å². The fourth-order valence-electron chi connectivity index (χ4n) is 3.35. The molecule has 31 heavy (non-hydrogen) atoms. The normalized spacial score (nSPS) is 15.7. The summed E-state index contributed by atoms with van der Waals surface area (Å²) >= 11 is 0. The number of rotatable bonds is 11. The summed E-state index contributed by atoms with van der Waals surface area (Å²) in [6.45, 7) is 4.96. The Hall–Kier alpha value is -2.48. The molecule has 1 aromatic carbocycles. The maximum Gasteiger partial charge on any atom is 0.416 e. The van der Waals surface area contributed by atoms with Gasteiger partial charge in [-0.25, -0.2) is 4.99 Å². The minimum absolute atomic E-state index is 0.159. The zero-order valence-corrected chi connectivity index (χ0v) is 17.8. The highest BCUT2D eigenvalue weighted by Gasteiger charge is 2.42. The van der Waals surface area contributed by atoms with Crippen molar-refractivity contribution in [3.05, 3.63) is 59.5 Å². The summed E-state index contributed by atoms with van der Waals surface area (Å²) in [7, 11) is 0. The van der Waals surface area contributed by atoms with E-state index in [0.29, 0.717) is 31.1 Å². The molecule has 1 saturated carbocycles. The number of hydrogen-bond donors (Lipinski definition) is 2. The maximum absolute atomic E-state index is 13.0. The average Bonchev–Trinajstić information content (AvgIpc) is 3.32. The van der Waals surface area contributed by atoms with Gasteiger partial charge in [0.05, 0.1) is 18.4 Å². The van der Waals surface area contributed by atoms with Crippen LogP contribution in [-0.4, -0.2) is 32.3 Å². The Morgan fingerprint density at radius 1 is 1.19 bits per heavy atom. The predicted molar refractivity (Wildman–Crippen MR) is 114 cm³/mol. The van der Waals surface area contributed by atoms with Gasteiger partial charge < -0.3 is 19.8 Å². The van der Waals surface area contributed by atoms with Crippen molar-refractivity contribution in [3.8, 4) is 0 Å². The molecule has 0 atom stereocenters. The number of ether oxygens (including phenoxy) is 1. The molecule has 1 heterocycles. The van der Waals surface area contributed by atoms with Crippen molar-refractivity contribution in [1.82, 2.24) is 10.6 Å². The molecule has 0 amide bonds. The molecule has 0 unspecified atom stereocenters. The first kappa shape index (κ1) is 23.2. The fourth-order valence-corrected chi connectivity index (χ4v) is 3.35. The largest absolute Gasteiger partial charge is 0.469 e. The number of halogens is 3. The van der Waals surface area contributed by atoms with E-state index in [-0.39, 0.29) is 12.0 Å². The van der Waals surface area contributed by atoms with Crippen LogP contribution in [-0.2, 0) is 23.9 Å². The Morgan fingerprint density at radius 2 is 2.03 bits per heavy atom. The Kier molecular flexibility index (Phi) is 8.01.